The Bertz CT molecular complexity index is 289. The lowest BCUT2D eigenvalue weighted by Gasteiger charge is -2.18. The minimum atomic E-state index is 0.165. The van der Waals surface area contributed by atoms with Crippen LogP contribution in [0.3, 0.4) is 0 Å². The zero-order chi connectivity index (χ0) is 11.8. The number of aryl methyl sites for hydroxylation is 1. The van der Waals surface area contributed by atoms with E-state index in [-0.39, 0.29) is 6.61 Å². The number of aliphatic hydroxyl groups is 1. The predicted octanol–water partition coefficient (Wildman–Crippen LogP) is 1.23. The van der Waals surface area contributed by atoms with Crippen molar-refractivity contribution >= 4 is 0 Å². The Hall–Kier alpha value is -0.940. The third-order valence-electron chi connectivity index (χ3n) is 2.43. The zero-order valence-electron chi connectivity index (χ0n) is 10.1. The molecular formula is C11H21N3O2. The van der Waals surface area contributed by atoms with Gasteiger partial charge >= 0.3 is 0 Å². The van der Waals surface area contributed by atoms with Crippen molar-refractivity contribution in [1.29, 1.82) is 0 Å². The molecule has 0 atom stereocenters. The van der Waals surface area contributed by atoms with Crippen LogP contribution in [0.5, 0.6) is 0 Å². The van der Waals surface area contributed by atoms with Gasteiger partial charge in [0.1, 0.15) is 0 Å². The molecule has 1 N–H and O–H groups in total. The second kappa shape index (κ2) is 7.35. The van der Waals surface area contributed by atoms with E-state index in [0.29, 0.717) is 19.0 Å². The summed E-state index contributed by atoms with van der Waals surface area (Å²) in [5, 5.41) is 12.8. The molecule has 0 aliphatic heterocycles. The second-order valence-electron chi connectivity index (χ2n) is 3.81. The van der Waals surface area contributed by atoms with Crippen LogP contribution < -0.4 is 0 Å². The van der Waals surface area contributed by atoms with Gasteiger partial charge in [-0.2, -0.15) is 4.98 Å². The fourth-order valence-electron chi connectivity index (χ4n) is 1.48. The van der Waals surface area contributed by atoms with Gasteiger partial charge in [-0.25, -0.2) is 0 Å². The lowest BCUT2D eigenvalue weighted by molar-refractivity contribution is 0.172. The summed E-state index contributed by atoms with van der Waals surface area (Å²) < 4.78 is 5.13. The molecule has 0 saturated heterocycles. The molecule has 0 bridgehead atoms. The molecule has 0 aromatic carbocycles. The van der Waals surface area contributed by atoms with Gasteiger partial charge in [0.2, 0.25) is 5.89 Å². The van der Waals surface area contributed by atoms with Crippen LogP contribution in [0.2, 0.25) is 0 Å². The first-order valence-corrected chi connectivity index (χ1v) is 5.94. The Morgan fingerprint density at radius 1 is 1.31 bits per heavy atom. The Balaban J connectivity index is 2.46. The fraction of sp³-hybridized carbons (Fsp3) is 0.818. The van der Waals surface area contributed by atoms with Crippen molar-refractivity contribution in [2.75, 3.05) is 19.7 Å². The number of aliphatic hydroxyl groups excluding tert-OH is 1. The summed E-state index contributed by atoms with van der Waals surface area (Å²) in [7, 11) is 0. The first-order chi connectivity index (χ1) is 7.80. The zero-order valence-corrected chi connectivity index (χ0v) is 10.1. The third kappa shape index (κ3) is 4.28. The van der Waals surface area contributed by atoms with E-state index in [1.54, 1.807) is 0 Å². The average molecular weight is 227 g/mol. The molecule has 0 unspecified atom stereocenters. The van der Waals surface area contributed by atoms with Gasteiger partial charge in [-0.1, -0.05) is 25.4 Å². The van der Waals surface area contributed by atoms with Gasteiger partial charge in [-0.15, -0.1) is 0 Å². The second-order valence-corrected chi connectivity index (χ2v) is 3.81. The topological polar surface area (TPSA) is 62.4 Å². The molecule has 5 heteroatoms. The minimum absolute atomic E-state index is 0.165. The Morgan fingerprint density at radius 2 is 2.12 bits per heavy atom. The monoisotopic (exact) mass is 227 g/mol. The van der Waals surface area contributed by atoms with Gasteiger partial charge in [-0.3, -0.25) is 4.90 Å². The quantitative estimate of drug-likeness (QED) is 0.723. The molecule has 1 aromatic heterocycles. The van der Waals surface area contributed by atoms with Crippen molar-refractivity contribution in [2.24, 2.45) is 0 Å². The van der Waals surface area contributed by atoms with Crippen LogP contribution in [0.1, 0.15) is 38.4 Å². The van der Waals surface area contributed by atoms with Crippen molar-refractivity contribution < 1.29 is 9.63 Å². The van der Waals surface area contributed by atoms with Crippen molar-refractivity contribution in [2.45, 2.75) is 39.7 Å². The van der Waals surface area contributed by atoms with E-state index >= 15 is 0 Å². The summed E-state index contributed by atoms with van der Waals surface area (Å²) in [4.78, 5) is 6.39. The van der Waals surface area contributed by atoms with E-state index in [9.17, 15) is 0 Å². The molecule has 0 fully saturated rings. The van der Waals surface area contributed by atoms with Crippen LogP contribution in [0.25, 0.3) is 0 Å². The lowest BCUT2D eigenvalue weighted by Crippen LogP contribution is -2.27. The molecule has 1 rings (SSSR count). The van der Waals surface area contributed by atoms with Crippen LogP contribution in [-0.4, -0.2) is 39.8 Å². The van der Waals surface area contributed by atoms with E-state index in [1.165, 1.54) is 0 Å². The van der Waals surface area contributed by atoms with E-state index < -0.39 is 0 Å². The Kier molecular flexibility index (Phi) is 6.03. The maximum absolute atomic E-state index is 8.96. The van der Waals surface area contributed by atoms with Crippen LogP contribution in [0.15, 0.2) is 4.52 Å². The summed E-state index contributed by atoms with van der Waals surface area (Å²) in [6.07, 6.45) is 3.05. The number of nitrogens with zero attached hydrogens (tertiary/aromatic N) is 3. The highest BCUT2D eigenvalue weighted by molar-refractivity contribution is 4.85. The molecular weight excluding hydrogens is 206 g/mol. The highest BCUT2D eigenvalue weighted by Gasteiger charge is 2.10. The minimum Gasteiger partial charge on any atom is -0.395 e. The molecule has 0 aliphatic carbocycles. The summed E-state index contributed by atoms with van der Waals surface area (Å²) in [5.74, 6) is 1.39. The predicted molar refractivity (Wildman–Crippen MR) is 60.9 cm³/mol. The molecule has 1 heterocycles. The summed E-state index contributed by atoms with van der Waals surface area (Å²) in [6, 6.07) is 0. The van der Waals surface area contributed by atoms with Crippen molar-refractivity contribution in [1.82, 2.24) is 15.0 Å². The summed E-state index contributed by atoms with van der Waals surface area (Å²) in [6.45, 7) is 6.56. The van der Waals surface area contributed by atoms with Crippen molar-refractivity contribution in [3.63, 3.8) is 0 Å². The highest BCUT2D eigenvalue weighted by atomic mass is 16.5. The van der Waals surface area contributed by atoms with Gasteiger partial charge < -0.3 is 9.63 Å². The fourth-order valence-corrected chi connectivity index (χ4v) is 1.48. The van der Waals surface area contributed by atoms with Crippen LogP contribution >= 0.6 is 0 Å². The SMILES string of the molecule is CCCCN(CCO)Cc1nc(CC)no1. The standard InChI is InChI=1S/C11H21N3O2/c1-3-5-6-14(7-8-15)9-11-12-10(4-2)13-16-11/h15H,3-9H2,1-2H3. The van der Waals surface area contributed by atoms with Crippen LogP contribution in [0.4, 0.5) is 0 Å². The maximum Gasteiger partial charge on any atom is 0.240 e. The summed E-state index contributed by atoms with van der Waals surface area (Å²) >= 11 is 0. The maximum atomic E-state index is 8.96. The van der Waals surface area contributed by atoms with E-state index in [1.807, 2.05) is 6.92 Å². The first kappa shape index (κ1) is 13.1. The molecule has 5 nitrogen and oxygen atoms in total. The molecule has 0 aliphatic rings. The number of hydrogen-bond donors (Lipinski definition) is 1. The largest absolute Gasteiger partial charge is 0.395 e. The number of rotatable bonds is 8. The average Bonchev–Trinajstić information content (AvgIpc) is 2.74. The number of aromatic nitrogens is 2. The Morgan fingerprint density at radius 3 is 2.69 bits per heavy atom. The normalized spacial score (nSPS) is 11.2. The Labute approximate surface area is 96.5 Å². The third-order valence-corrected chi connectivity index (χ3v) is 2.43. The molecule has 0 amide bonds. The van der Waals surface area contributed by atoms with Gasteiger partial charge in [-0.05, 0) is 13.0 Å². The van der Waals surface area contributed by atoms with Gasteiger partial charge in [0, 0.05) is 13.0 Å². The van der Waals surface area contributed by atoms with E-state index in [0.717, 1.165) is 31.6 Å². The first-order valence-electron chi connectivity index (χ1n) is 5.94. The van der Waals surface area contributed by atoms with E-state index in [4.69, 9.17) is 9.63 Å². The van der Waals surface area contributed by atoms with E-state index in [2.05, 4.69) is 22.0 Å². The molecule has 0 spiro atoms. The van der Waals surface area contributed by atoms with Gasteiger partial charge in [0.15, 0.2) is 5.82 Å². The lowest BCUT2D eigenvalue weighted by atomic mass is 10.3. The van der Waals surface area contributed by atoms with Crippen molar-refractivity contribution in [3.05, 3.63) is 11.7 Å². The highest BCUT2D eigenvalue weighted by Crippen LogP contribution is 2.04. The molecule has 0 radical (unpaired) electrons. The molecule has 0 saturated carbocycles. The molecule has 92 valence electrons. The smallest absolute Gasteiger partial charge is 0.240 e. The molecule has 1 aromatic rings. The molecule has 16 heavy (non-hydrogen) atoms. The van der Waals surface area contributed by atoms with Crippen molar-refractivity contribution in [3.8, 4) is 0 Å². The summed E-state index contributed by atoms with van der Waals surface area (Å²) in [5.41, 5.74) is 0. The van der Waals surface area contributed by atoms with Crippen LogP contribution in [-0.2, 0) is 13.0 Å². The van der Waals surface area contributed by atoms with Gasteiger partial charge in [0.25, 0.3) is 0 Å². The van der Waals surface area contributed by atoms with Crippen LogP contribution in [0, 0.1) is 0 Å². The number of hydrogen-bond acceptors (Lipinski definition) is 5. The van der Waals surface area contributed by atoms with Gasteiger partial charge in [0.05, 0.1) is 13.2 Å². The number of unbranched alkanes of at least 4 members (excludes halogenated alkanes) is 1.